The number of halogens is 1. The van der Waals surface area contributed by atoms with Crippen molar-refractivity contribution in [2.45, 2.75) is 58.0 Å². The molecule has 0 heterocycles. The first-order valence-corrected chi connectivity index (χ1v) is 7.20. The largest absolute Gasteiger partial charge is 0.307 e. The van der Waals surface area contributed by atoms with Gasteiger partial charge in [-0.05, 0) is 56.2 Å². The fraction of sp³-hybridized carbons (Fsp3) is 0.625. The Balaban J connectivity index is 1.86. The van der Waals surface area contributed by atoms with Crippen LogP contribution in [-0.4, -0.2) is 6.04 Å². The third kappa shape index (κ3) is 3.55. The van der Waals surface area contributed by atoms with E-state index >= 15 is 0 Å². The molecule has 1 atom stereocenters. The highest BCUT2D eigenvalue weighted by Crippen LogP contribution is 2.28. The quantitative estimate of drug-likeness (QED) is 0.831. The molecule has 0 aliphatic heterocycles. The Bertz CT molecular complexity index is 369. The first kappa shape index (κ1) is 13.5. The van der Waals surface area contributed by atoms with E-state index in [1.165, 1.54) is 38.2 Å². The van der Waals surface area contributed by atoms with Crippen molar-refractivity contribution in [3.63, 3.8) is 0 Å². The zero-order chi connectivity index (χ0) is 13.0. The predicted molar refractivity (Wildman–Crippen MR) is 74.0 cm³/mol. The van der Waals surface area contributed by atoms with Crippen LogP contribution in [-0.2, 0) is 0 Å². The van der Waals surface area contributed by atoms with Gasteiger partial charge in [0.25, 0.3) is 0 Å². The average molecular weight is 249 g/mol. The highest BCUT2D eigenvalue weighted by atomic mass is 19.1. The first-order chi connectivity index (χ1) is 8.69. The fourth-order valence-electron chi connectivity index (χ4n) is 2.96. The maximum absolute atomic E-state index is 13.2. The summed E-state index contributed by atoms with van der Waals surface area (Å²) in [6.07, 6.45) is 6.51. The molecule has 1 aliphatic rings. The van der Waals surface area contributed by atoms with E-state index in [-0.39, 0.29) is 11.9 Å². The van der Waals surface area contributed by atoms with Crippen LogP contribution in [0.3, 0.4) is 0 Å². The summed E-state index contributed by atoms with van der Waals surface area (Å²) in [6.45, 7) is 4.41. The Morgan fingerprint density at radius 2 is 2.00 bits per heavy atom. The summed E-state index contributed by atoms with van der Waals surface area (Å²) >= 11 is 0. The maximum atomic E-state index is 13.2. The van der Waals surface area contributed by atoms with E-state index in [0.717, 1.165) is 11.5 Å². The van der Waals surface area contributed by atoms with Gasteiger partial charge in [0, 0.05) is 12.1 Å². The van der Waals surface area contributed by atoms with Crippen molar-refractivity contribution in [3.8, 4) is 0 Å². The second-order valence-electron chi connectivity index (χ2n) is 5.57. The van der Waals surface area contributed by atoms with Gasteiger partial charge in [0.2, 0.25) is 0 Å². The lowest BCUT2D eigenvalue weighted by Crippen LogP contribution is -2.34. The second-order valence-corrected chi connectivity index (χ2v) is 5.57. The van der Waals surface area contributed by atoms with Gasteiger partial charge in [-0.2, -0.15) is 0 Å². The molecule has 0 radical (unpaired) electrons. The van der Waals surface area contributed by atoms with Crippen LogP contribution in [0, 0.1) is 11.7 Å². The van der Waals surface area contributed by atoms with Crippen LogP contribution in [0.25, 0.3) is 0 Å². The Hall–Kier alpha value is -0.890. The van der Waals surface area contributed by atoms with E-state index in [4.69, 9.17) is 0 Å². The van der Waals surface area contributed by atoms with E-state index in [9.17, 15) is 4.39 Å². The normalized spacial score (nSPS) is 25.9. The second kappa shape index (κ2) is 6.33. The topological polar surface area (TPSA) is 12.0 Å². The Morgan fingerprint density at radius 3 is 2.61 bits per heavy atom. The first-order valence-electron chi connectivity index (χ1n) is 7.20. The lowest BCUT2D eigenvalue weighted by molar-refractivity contribution is 0.273. The van der Waals surface area contributed by atoms with Gasteiger partial charge in [0.05, 0.1) is 0 Å². The highest BCUT2D eigenvalue weighted by molar-refractivity contribution is 5.19. The summed E-state index contributed by atoms with van der Waals surface area (Å²) in [4.78, 5) is 0. The molecule has 100 valence electrons. The molecule has 0 spiro atoms. The molecule has 1 aliphatic carbocycles. The number of benzene rings is 1. The Morgan fingerprint density at radius 1 is 1.28 bits per heavy atom. The molecule has 1 unspecified atom stereocenters. The molecule has 0 amide bonds. The molecular formula is C16H24FN. The third-order valence-electron chi connectivity index (χ3n) is 4.26. The zero-order valence-electron chi connectivity index (χ0n) is 11.5. The number of hydrogen-bond donors (Lipinski definition) is 1. The lowest BCUT2D eigenvalue weighted by Gasteiger charge is -2.31. The molecule has 1 aromatic carbocycles. The van der Waals surface area contributed by atoms with Crippen LogP contribution in [0.2, 0.25) is 0 Å². The smallest absolute Gasteiger partial charge is 0.123 e. The van der Waals surface area contributed by atoms with E-state index in [2.05, 4.69) is 19.2 Å². The van der Waals surface area contributed by atoms with Crippen molar-refractivity contribution in [3.05, 3.63) is 35.6 Å². The van der Waals surface area contributed by atoms with Gasteiger partial charge in [-0.15, -0.1) is 0 Å². The van der Waals surface area contributed by atoms with Crippen molar-refractivity contribution in [2.75, 3.05) is 0 Å². The summed E-state index contributed by atoms with van der Waals surface area (Å²) < 4.78 is 13.2. The molecule has 18 heavy (non-hydrogen) atoms. The van der Waals surface area contributed by atoms with Crippen LogP contribution in [0.1, 0.15) is 57.6 Å². The predicted octanol–water partition coefficient (Wildman–Crippen LogP) is 4.45. The van der Waals surface area contributed by atoms with Crippen LogP contribution in [0.15, 0.2) is 24.3 Å². The molecule has 1 aromatic rings. The summed E-state index contributed by atoms with van der Waals surface area (Å²) in [6, 6.07) is 7.77. The molecular weight excluding hydrogens is 225 g/mol. The van der Waals surface area contributed by atoms with Gasteiger partial charge >= 0.3 is 0 Å². The standard InChI is InChI=1S/C16H24FN/c1-3-13-7-9-16(10-8-13)18-12(2)14-5-4-6-15(17)11-14/h4-6,11-13,16,18H,3,7-10H2,1-2H3. The number of hydrogen-bond acceptors (Lipinski definition) is 1. The number of nitrogens with one attached hydrogen (secondary N) is 1. The highest BCUT2D eigenvalue weighted by Gasteiger charge is 2.21. The van der Waals surface area contributed by atoms with Gasteiger partial charge in [-0.25, -0.2) is 4.39 Å². The molecule has 1 N–H and O–H groups in total. The zero-order valence-corrected chi connectivity index (χ0v) is 11.5. The molecule has 0 aromatic heterocycles. The minimum Gasteiger partial charge on any atom is -0.307 e. The summed E-state index contributed by atoms with van der Waals surface area (Å²) in [7, 11) is 0. The maximum Gasteiger partial charge on any atom is 0.123 e. The lowest BCUT2D eigenvalue weighted by atomic mass is 9.84. The minimum atomic E-state index is -0.143. The van der Waals surface area contributed by atoms with Crippen LogP contribution < -0.4 is 5.32 Å². The van der Waals surface area contributed by atoms with E-state index in [0.29, 0.717) is 6.04 Å². The van der Waals surface area contributed by atoms with E-state index < -0.39 is 0 Å². The van der Waals surface area contributed by atoms with Crippen molar-refractivity contribution in [1.82, 2.24) is 5.32 Å². The molecule has 1 nitrogen and oxygen atoms in total. The molecule has 1 saturated carbocycles. The minimum absolute atomic E-state index is 0.143. The van der Waals surface area contributed by atoms with Crippen molar-refractivity contribution < 1.29 is 4.39 Å². The average Bonchev–Trinajstić information content (AvgIpc) is 2.39. The third-order valence-corrected chi connectivity index (χ3v) is 4.26. The molecule has 1 fully saturated rings. The van der Waals surface area contributed by atoms with E-state index in [1.807, 2.05) is 6.07 Å². The van der Waals surface area contributed by atoms with Crippen molar-refractivity contribution in [1.29, 1.82) is 0 Å². The number of rotatable bonds is 4. The Labute approximate surface area is 110 Å². The summed E-state index contributed by atoms with van der Waals surface area (Å²) in [5, 5.41) is 3.64. The van der Waals surface area contributed by atoms with Gasteiger partial charge in [-0.1, -0.05) is 25.5 Å². The monoisotopic (exact) mass is 249 g/mol. The van der Waals surface area contributed by atoms with Crippen LogP contribution in [0.5, 0.6) is 0 Å². The summed E-state index contributed by atoms with van der Waals surface area (Å²) in [5.41, 5.74) is 1.05. The van der Waals surface area contributed by atoms with E-state index in [1.54, 1.807) is 12.1 Å². The van der Waals surface area contributed by atoms with Gasteiger partial charge in [0.1, 0.15) is 5.82 Å². The molecule has 0 saturated heterocycles. The van der Waals surface area contributed by atoms with Gasteiger partial charge in [-0.3, -0.25) is 0 Å². The van der Waals surface area contributed by atoms with Crippen molar-refractivity contribution in [2.24, 2.45) is 5.92 Å². The fourth-order valence-corrected chi connectivity index (χ4v) is 2.96. The summed E-state index contributed by atoms with van der Waals surface area (Å²) in [5.74, 6) is 0.781. The molecule has 0 bridgehead atoms. The van der Waals surface area contributed by atoms with Gasteiger partial charge in [0.15, 0.2) is 0 Å². The van der Waals surface area contributed by atoms with Crippen molar-refractivity contribution >= 4 is 0 Å². The SMILES string of the molecule is CCC1CCC(NC(C)c2cccc(F)c2)CC1. The van der Waals surface area contributed by atoms with Crippen LogP contribution >= 0.6 is 0 Å². The molecule has 2 rings (SSSR count). The Kier molecular flexibility index (Phi) is 4.76. The van der Waals surface area contributed by atoms with Crippen LogP contribution in [0.4, 0.5) is 4.39 Å². The van der Waals surface area contributed by atoms with Gasteiger partial charge < -0.3 is 5.32 Å². The molecule has 2 heteroatoms.